The van der Waals surface area contributed by atoms with Crippen LogP contribution in [0.25, 0.3) is 61.1 Å². The van der Waals surface area contributed by atoms with Crippen molar-refractivity contribution in [1.82, 2.24) is 18.5 Å². The molecule has 0 atom stereocenters. The molecule has 0 unspecified atom stereocenters. The zero-order valence-electron chi connectivity index (χ0n) is 40.4. The number of rotatable bonds is 6. The van der Waals surface area contributed by atoms with Gasteiger partial charge < -0.3 is 0 Å². The van der Waals surface area contributed by atoms with Crippen molar-refractivity contribution < 1.29 is 24.1 Å². The van der Waals surface area contributed by atoms with Crippen molar-refractivity contribution >= 4 is 27.3 Å². The summed E-state index contributed by atoms with van der Waals surface area (Å²) in [5.74, 6) is 2.43. The van der Waals surface area contributed by atoms with Gasteiger partial charge in [0, 0.05) is 11.8 Å². The van der Waals surface area contributed by atoms with Crippen LogP contribution in [0.5, 0.6) is 11.5 Å². The number of benzene rings is 6. The van der Waals surface area contributed by atoms with Crippen molar-refractivity contribution in [3.05, 3.63) is 206 Å². The van der Waals surface area contributed by atoms with E-state index >= 15 is 0 Å². The molecular weight excluding hydrogens is 1010 g/mol. The van der Waals surface area contributed by atoms with Crippen molar-refractivity contribution in [3.63, 3.8) is 0 Å². The van der Waals surface area contributed by atoms with Gasteiger partial charge in [-0.15, -0.1) is 0 Å². The average molecular weight is 1070 g/mol. The topological polar surface area (TPSA) is 36.4 Å². The first-order valence-electron chi connectivity index (χ1n) is 24.0. The number of hydrogen-bond acceptors (Lipinski definition) is 2. The molecular formula is C62H58N4OPt. The Morgan fingerprint density at radius 1 is 0.544 bits per heavy atom. The van der Waals surface area contributed by atoms with Gasteiger partial charge in [0.1, 0.15) is 0 Å². The second-order valence-corrected chi connectivity index (χ2v) is 21.8. The molecule has 4 aliphatic rings. The Hall–Kier alpha value is -6.55. The fourth-order valence-corrected chi connectivity index (χ4v) is 11.4. The maximum absolute atomic E-state index is 6.87. The van der Waals surface area contributed by atoms with Crippen molar-refractivity contribution in [2.75, 3.05) is 0 Å². The molecule has 4 bridgehead atoms. The van der Waals surface area contributed by atoms with Gasteiger partial charge in [-0.2, -0.15) is 0 Å². The van der Waals surface area contributed by atoms with Gasteiger partial charge in [-0.3, -0.25) is 0 Å². The zero-order valence-corrected chi connectivity index (χ0v) is 42.6. The third-order valence-corrected chi connectivity index (χ3v) is 15.5. The number of aryl methyl sites for hydroxylation is 4. The number of nitrogens with zero attached hydrogens (tertiary/aromatic N) is 4. The van der Waals surface area contributed by atoms with E-state index in [1.54, 1.807) is 0 Å². The normalized spacial score (nSPS) is 13.1. The third kappa shape index (κ3) is 7.89. The van der Waals surface area contributed by atoms with Gasteiger partial charge in [0.15, 0.2) is 0 Å². The van der Waals surface area contributed by atoms with Crippen LogP contribution >= 0.6 is 0 Å². The van der Waals surface area contributed by atoms with Crippen LogP contribution in [0, 0.1) is 17.7 Å². The van der Waals surface area contributed by atoms with E-state index in [1.165, 1.54) is 72.2 Å². The molecule has 68 heavy (non-hydrogen) atoms. The molecule has 0 fully saturated rings. The van der Waals surface area contributed by atoms with Gasteiger partial charge in [0.2, 0.25) is 0 Å². The molecule has 0 radical (unpaired) electrons. The summed E-state index contributed by atoms with van der Waals surface area (Å²) in [6, 6.07) is 53.2. The fourth-order valence-electron chi connectivity index (χ4n) is 10.4. The van der Waals surface area contributed by atoms with E-state index in [0.29, 0.717) is 0 Å². The Labute approximate surface area is 411 Å². The summed E-state index contributed by atoms with van der Waals surface area (Å²) in [5.41, 5.74) is 20.2. The van der Waals surface area contributed by atoms with Crippen LogP contribution in [0.3, 0.4) is 0 Å². The predicted molar refractivity (Wildman–Crippen MR) is 278 cm³/mol. The van der Waals surface area contributed by atoms with E-state index < -0.39 is 0 Å². The van der Waals surface area contributed by atoms with E-state index in [1.807, 2.05) is 0 Å². The number of pyridine rings is 2. The molecule has 0 N–H and O–H groups in total. The molecule has 2 aliphatic heterocycles. The van der Waals surface area contributed by atoms with Crippen molar-refractivity contribution in [2.24, 2.45) is 0 Å². The molecule has 4 aromatic heterocycles. The van der Waals surface area contributed by atoms with E-state index in [2.05, 4.69) is 246 Å². The SMILES string of the molecule is Cc1c2ccc(c1C)CCc1ccc(c3cn(-c4cccc(Oc5ccc6c7cc(-c8ccccc8)ccc7n(-c7cc(C(C)(C)C)c(-c8ccc(C(C)(C)C)cc8)cn7)c6c5)c4)[c](=[Pt])n13)CC2. The summed E-state index contributed by atoms with van der Waals surface area (Å²) < 4.78 is 15.1. The molecule has 0 saturated carbocycles. The molecule has 0 spiro atoms. The van der Waals surface area contributed by atoms with E-state index in [-0.39, 0.29) is 10.8 Å². The molecule has 342 valence electrons. The van der Waals surface area contributed by atoms with Crippen molar-refractivity contribution in [3.8, 4) is 45.3 Å². The first kappa shape index (κ1) is 44.0. The molecule has 14 rings (SSSR count). The Morgan fingerprint density at radius 3 is 1.97 bits per heavy atom. The summed E-state index contributed by atoms with van der Waals surface area (Å²) >= 11 is 2.52. The van der Waals surface area contributed by atoms with Crippen molar-refractivity contribution in [1.29, 1.82) is 0 Å². The Kier molecular flexibility index (Phi) is 10.9. The van der Waals surface area contributed by atoms with Gasteiger partial charge in [0.05, 0.1) is 0 Å². The predicted octanol–water partition coefficient (Wildman–Crippen LogP) is 15.5. The number of imidazole rings is 1. The van der Waals surface area contributed by atoms with E-state index in [0.717, 1.165) is 74.5 Å². The molecule has 6 heteroatoms. The first-order chi connectivity index (χ1) is 32.7. The minimum absolute atomic E-state index is 0.0808. The zero-order chi connectivity index (χ0) is 47.1. The second kappa shape index (κ2) is 16.9. The van der Waals surface area contributed by atoms with Gasteiger partial charge in [-0.05, 0) is 38.6 Å². The van der Waals surface area contributed by atoms with Crippen LogP contribution in [0.1, 0.15) is 86.2 Å². The number of ether oxygens (including phenoxy) is 1. The Bertz CT molecular complexity index is 3650. The van der Waals surface area contributed by atoms with E-state index in [4.69, 9.17) is 9.72 Å². The Morgan fingerprint density at radius 2 is 1.24 bits per heavy atom. The van der Waals surface area contributed by atoms with Crippen LogP contribution in [-0.4, -0.2) is 18.5 Å². The van der Waals surface area contributed by atoms with Gasteiger partial charge in [-0.1, -0.05) is 102 Å². The summed E-state index contributed by atoms with van der Waals surface area (Å²) in [4.78, 5) is 5.28. The molecule has 6 heterocycles. The maximum atomic E-state index is 6.87. The summed E-state index contributed by atoms with van der Waals surface area (Å²) in [7, 11) is 0. The molecule has 2 aliphatic carbocycles. The second-order valence-electron chi connectivity index (χ2n) is 20.8. The molecule has 6 aromatic carbocycles. The fraction of sp³-hybridized carbons (Fsp3) is 0.226. The molecule has 10 aromatic rings. The van der Waals surface area contributed by atoms with Crippen LogP contribution in [0.15, 0.2) is 158 Å². The van der Waals surface area contributed by atoms with Crippen LogP contribution in [-0.2, 0) is 55.9 Å². The average Bonchev–Trinajstić information content (AvgIpc) is 3.85. The minimum atomic E-state index is -0.141. The van der Waals surface area contributed by atoms with Crippen molar-refractivity contribution in [2.45, 2.75) is 91.9 Å². The van der Waals surface area contributed by atoms with E-state index in [9.17, 15) is 0 Å². The van der Waals surface area contributed by atoms with Gasteiger partial charge in [0.25, 0.3) is 0 Å². The number of hydrogen-bond donors (Lipinski definition) is 0. The van der Waals surface area contributed by atoms with Crippen LogP contribution < -0.4 is 4.74 Å². The van der Waals surface area contributed by atoms with Crippen LogP contribution in [0.4, 0.5) is 0 Å². The molecule has 5 nitrogen and oxygen atoms in total. The monoisotopic (exact) mass is 1070 g/mol. The van der Waals surface area contributed by atoms with Crippen LogP contribution in [0.2, 0.25) is 0 Å². The first-order valence-corrected chi connectivity index (χ1v) is 25.2. The quantitative estimate of drug-likeness (QED) is 0.166. The standard InChI is InChI=1S/C62H58N4O.Pt/c1-40-41(2)43-18-17-42(40)19-20-46-24-29-49(28-23-43)65-39-64(38-59(46)65)50-15-12-16-51(34-50)67-52-30-31-53-54-33-47(44-13-10-9-11-14-44)25-32-57(54)66(58(53)35-52)60-36-56(62(6,7)8)55(37-63-60)45-21-26-48(27-22-45)61(3,4)5;/h9-18,21-22,24-27,29-38H,19-20,23,28H2,1-8H3;. The molecule has 0 amide bonds. The summed E-state index contributed by atoms with van der Waals surface area (Å²) in [5, 5.41) is 2.32. The van der Waals surface area contributed by atoms with Gasteiger partial charge in [-0.25, -0.2) is 0 Å². The molecule has 0 saturated heterocycles. The Balaban J connectivity index is 0.999. The van der Waals surface area contributed by atoms with Gasteiger partial charge >= 0.3 is 261 Å². The summed E-state index contributed by atoms with van der Waals surface area (Å²) in [6.45, 7) is 18.3. The number of aromatic nitrogens is 4. The number of fused-ring (bicyclic) bond motifs is 3. The third-order valence-electron chi connectivity index (χ3n) is 14.4. The summed E-state index contributed by atoms with van der Waals surface area (Å²) in [6.07, 6.45) is 8.40.